The first kappa shape index (κ1) is 9.22. The molecule has 3 nitrogen and oxygen atoms in total. The zero-order valence-electron chi connectivity index (χ0n) is 7.81. The maximum Gasteiger partial charge on any atom is 0.225 e. The molecule has 15 heavy (non-hydrogen) atoms. The SMILES string of the molecule is N#C/C=C1/OC(c2ccccc2)=CC1=O. The number of carbonyl (C=O) groups excluding carboxylic acids is 1. The van der Waals surface area contributed by atoms with Crippen LogP contribution in [0.2, 0.25) is 0 Å². The summed E-state index contributed by atoms with van der Waals surface area (Å²) in [6.45, 7) is 0. The molecule has 72 valence electrons. The van der Waals surface area contributed by atoms with Gasteiger partial charge in [0.15, 0.2) is 5.76 Å². The van der Waals surface area contributed by atoms with E-state index in [1.54, 1.807) is 6.07 Å². The number of nitrogens with zero attached hydrogens (tertiary/aromatic N) is 1. The van der Waals surface area contributed by atoms with Crippen molar-refractivity contribution in [1.29, 1.82) is 5.26 Å². The Hall–Kier alpha value is -2.34. The molecule has 0 aromatic heterocycles. The predicted molar refractivity (Wildman–Crippen MR) is 54.2 cm³/mol. The van der Waals surface area contributed by atoms with Gasteiger partial charge in [-0.25, -0.2) is 0 Å². The van der Waals surface area contributed by atoms with Gasteiger partial charge in [-0.15, -0.1) is 0 Å². The number of nitriles is 1. The van der Waals surface area contributed by atoms with Gasteiger partial charge in [0, 0.05) is 11.6 Å². The van der Waals surface area contributed by atoms with E-state index in [0.29, 0.717) is 5.76 Å². The highest BCUT2D eigenvalue weighted by Crippen LogP contribution is 2.25. The average Bonchev–Trinajstić information content (AvgIpc) is 2.63. The zero-order chi connectivity index (χ0) is 10.7. The molecule has 0 aliphatic carbocycles. The van der Waals surface area contributed by atoms with Crippen LogP contribution in [0, 0.1) is 11.3 Å². The van der Waals surface area contributed by atoms with Gasteiger partial charge < -0.3 is 4.74 Å². The van der Waals surface area contributed by atoms with Gasteiger partial charge in [0.05, 0.1) is 12.1 Å². The fraction of sp³-hybridized carbons (Fsp3) is 0. The molecule has 3 heteroatoms. The number of carbonyl (C=O) groups is 1. The van der Waals surface area contributed by atoms with Crippen LogP contribution in [0.1, 0.15) is 5.56 Å². The molecule has 1 aliphatic heterocycles. The van der Waals surface area contributed by atoms with E-state index < -0.39 is 0 Å². The Morgan fingerprint density at radius 1 is 1.27 bits per heavy atom. The third-order valence-corrected chi connectivity index (χ3v) is 1.98. The lowest BCUT2D eigenvalue weighted by Crippen LogP contribution is -1.92. The van der Waals surface area contributed by atoms with Gasteiger partial charge in [0.1, 0.15) is 5.76 Å². The molecule has 0 amide bonds. The van der Waals surface area contributed by atoms with Crippen molar-refractivity contribution in [3.63, 3.8) is 0 Å². The minimum absolute atomic E-state index is 0.0800. The summed E-state index contributed by atoms with van der Waals surface area (Å²) in [6.07, 6.45) is 2.49. The second kappa shape index (κ2) is 3.81. The van der Waals surface area contributed by atoms with Gasteiger partial charge >= 0.3 is 0 Å². The minimum Gasteiger partial charge on any atom is -0.452 e. The molecule has 0 unspecified atom stereocenters. The number of benzene rings is 1. The number of ether oxygens (including phenoxy) is 1. The fourth-order valence-corrected chi connectivity index (χ4v) is 1.29. The molecular weight excluding hydrogens is 190 g/mol. The summed E-state index contributed by atoms with van der Waals surface area (Å²) in [5.41, 5.74) is 0.826. The van der Waals surface area contributed by atoms with Crippen molar-refractivity contribution in [3.05, 3.63) is 53.8 Å². The highest BCUT2D eigenvalue weighted by Gasteiger charge is 2.21. The van der Waals surface area contributed by atoms with E-state index in [1.165, 1.54) is 6.08 Å². The van der Waals surface area contributed by atoms with Gasteiger partial charge in [-0.1, -0.05) is 30.3 Å². The summed E-state index contributed by atoms with van der Waals surface area (Å²) < 4.78 is 5.25. The highest BCUT2D eigenvalue weighted by atomic mass is 16.5. The van der Waals surface area contributed by atoms with Crippen molar-refractivity contribution in [2.24, 2.45) is 0 Å². The Bertz CT molecular complexity index is 492. The summed E-state index contributed by atoms with van der Waals surface area (Å²) >= 11 is 0. The van der Waals surface area contributed by atoms with Crippen molar-refractivity contribution in [1.82, 2.24) is 0 Å². The molecule has 0 N–H and O–H groups in total. The van der Waals surface area contributed by atoms with Crippen LogP contribution in [0.4, 0.5) is 0 Å². The van der Waals surface area contributed by atoms with E-state index >= 15 is 0 Å². The summed E-state index contributed by atoms with van der Waals surface area (Å²) in [5, 5.41) is 8.42. The Kier molecular flexibility index (Phi) is 2.34. The number of allylic oxidation sites excluding steroid dienone is 2. The summed E-state index contributed by atoms with van der Waals surface area (Å²) in [5.74, 6) is 0.300. The molecule has 1 aliphatic rings. The quantitative estimate of drug-likeness (QED) is 0.511. The number of hydrogen-bond acceptors (Lipinski definition) is 3. The monoisotopic (exact) mass is 197 g/mol. The molecule has 0 fully saturated rings. The predicted octanol–water partition coefficient (Wildman–Crippen LogP) is 2.03. The van der Waals surface area contributed by atoms with Crippen molar-refractivity contribution < 1.29 is 9.53 Å². The molecule has 0 saturated heterocycles. The van der Waals surface area contributed by atoms with Crippen LogP contribution in [0.5, 0.6) is 0 Å². The van der Waals surface area contributed by atoms with Crippen LogP contribution >= 0.6 is 0 Å². The van der Waals surface area contributed by atoms with Crippen molar-refractivity contribution >= 4 is 11.5 Å². The van der Waals surface area contributed by atoms with E-state index in [1.807, 2.05) is 30.3 Å². The molecule has 0 radical (unpaired) electrons. The molecule has 0 atom stereocenters. The largest absolute Gasteiger partial charge is 0.452 e. The first-order valence-electron chi connectivity index (χ1n) is 4.40. The van der Waals surface area contributed by atoms with E-state index in [2.05, 4.69) is 0 Å². The minimum atomic E-state index is -0.268. The smallest absolute Gasteiger partial charge is 0.225 e. The number of ketones is 1. The van der Waals surface area contributed by atoms with Crippen LogP contribution in [0.25, 0.3) is 5.76 Å². The summed E-state index contributed by atoms with van der Waals surface area (Å²) in [4.78, 5) is 11.3. The third-order valence-electron chi connectivity index (χ3n) is 1.98. The molecule has 1 heterocycles. The molecule has 0 bridgehead atoms. The first-order chi connectivity index (χ1) is 7.31. The van der Waals surface area contributed by atoms with Gasteiger partial charge in [-0.05, 0) is 0 Å². The van der Waals surface area contributed by atoms with Crippen LogP contribution in [-0.4, -0.2) is 5.78 Å². The molecular formula is C12H7NO2. The Labute approximate surface area is 86.9 Å². The van der Waals surface area contributed by atoms with Crippen molar-refractivity contribution in [2.75, 3.05) is 0 Å². The average molecular weight is 197 g/mol. The maximum absolute atomic E-state index is 11.3. The lowest BCUT2D eigenvalue weighted by Gasteiger charge is -2.02. The Morgan fingerprint density at radius 3 is 2.67 bits per heavy atom. The van der Waals surface area contributed by atoms with E-state index in [4.69, 9.17) is 10.00 Å². The zero-order valence-corrected chi connectivity index (χ0v) is 7.81. The second-order valence-corrected chi connectivity index (χ2v) is 2.98. The Morgan fingerprint density at radius 2 is 2.00 bits per heavy atom. The van der Waals surface area contributed by atoms with E-state index in [9.17, 15) is 4.79 Å². The standard InChI is InChI=1S/C12H7NO2/c13-7-6-11-10(14)8-12(15-11)9-4-2-1-3-5-9/h1-6,8H/b11-6+. The summed E-state index contributed by atoms with van der Waals surface area (Å²) in [6, 6.07) is 11.1. The fourth-order valence-electron chi connectivity index (χ4n) is 1.29. The number of hydrogen-bond donors (Lipinski definition) is 0. The van der Waals surface area contributed by atoms with Crippen molar-refractivity contribution in [2.45, 2.75) is 0 Å². The molecule has 0 spiro atoms. The molecule has 1 aromatic carbocycles. The maximum atomic E-state index is 11.3. The van der Waals surface area contributed by atoms with Gasteiger partial charge in [0.2, 0.25) is 5.78 Å². The van der Waals surface area contributed by atoms with Gasteiger partial charge in [-0.2, -0.15) is 5.26 Å². The van der Waals surface area contributed by atoms with Crippen LogP contribution < -0.4 is 0 Å². The summed E-state index contributed by atoms with van der Waals surface area (Å²) in [7, 11) is 0. The second-order valence-electron chi connectivity index (χ2n) is 2.98. The van der Waals surface area contributed by atoms with Crippen LogP contribution in [0.3, 0.4) is 0 Å². The topological polar surface area (TPSA) is 50.1 Å². The Balaban J connectivity index is 2.30. The van der Waals surface area contributed by atoms with Crippen LogP contribution in [0.15, 0.2) is 48.2 Å². The van der Waals surface area contributed by atoms with E-state index in [-0.39, 0.29) is 11.5 Å². The lowest BCUT2D eigenvalue weighted by atomic mass is 10.2. The van der Waals surface area contributed by atoms with Gasteiger partial charge in [0.25, 0.3) is 0 Å². The molecule has 0 saturated carbocycles. The molecule has 2 rings (SSSR count). The van der Waals surface area contributed by atoms with E-state index in [0.717, 1.165) is 11.6 Å². The van der Waals surface area contributed by atoms with Crippen LogP contribution in [-0.2, 0) is 9.53 Å². The highest BCUT2D eigenvalue weighted by molar-refractivity contribution is 6.10. The number of rotatable bonds is 1. The normalized spacial score (nSPS) is 17.1. The van der Waals surface area contributed by atoms with Gasteiger partial charge in [-0.3, -0.25) is 4.79 Å². The third kappa shape index (κ3) is 1.79. The molecule has 1 aromatic rings. The lowest BCUT2D eigenvalue weighted by molar-refractivity contribution is -0.112. The first-order valence-corrected chi connectivity index (χ1v) is 4.40. The van der Waals surface area contributed by atoms with Crippen molar-refractivity contribution in [3.8, 4) is 6.07 Å².